The number of ether oxygens (including phenoxy) is 1. The molecule has 0 atom stereocenters. The van der Waals surface area contributed by atoms with Crippen molar-refractivity contribution < 1.29 is 17.9 Å². The highest BCUT2D eigenvalue weighted by Crippen LogP contribution is 2.25. The van der Waals surface area contributed by atoms with Crippen LogP contribution in [-0.4, -0.2) is 11.5 Å². The Kier molecular flexibility index (Phi) is 3.89. The smallest absolute Gasteiger partial charge is 0.258 e. The number of pyridine rings is 1. The normalized spacial score (nSPS) is 10.3. The molecule has 3 nitrogen and oxygen atoms in total. The molecular formula is C13H11F3N2O. The average Bonchev–Trinajstić information content (AvgIpc) is 2.38. The molecule has 0 spiro atoms. The molecule has 6 heteroatoms. The van der Waals surface area contributed by atoms with Gasteiger partial charge in [-0.25, -0.2) is 13.2 Å². The summed E-state index contributed by atoms with van der Waals surface area (Å²) >= 11 is 0. The van der Waals surface area contributed by atoms with E-state index in [1.807, 2.05) is 0 Å². The topological polar surface area (TPSA) is 34.2 Å². The minimum absolute atomic E-state index is 0.0963. The molecule has 0 saturated heterocycles. The Bertz CT molecular complexity index is 573. The molecule has 0 amide bonds. The lowest BCUT2D eigenvalue weighted by Gasteiger charge is -2.09. The molecule has 2 aromatic rings. The minimum atomic E-state index is -0.927. The molecule has 1 aromatic carbocycles. The summed E-state index contributed by atoms with van der Waals surface area (Å²) in [6.45, 7) is 2.19. The molecule has 2 rings (SSSR count). The van der Waals surface area contributed by atoms with E-state index in [2.05, 4.69) is 10.3 Å². The van der Waals surface area contributed by atoms with Crippen LogP contribution >= 0.6 is 0 Å². The van der Waals surface area contributed by atoms with Gasteiger partial charge in [-0.05, 0) is 31.2 Å². The third-order valence-corrected chi connectivity index (χ3v) is 2.27. The van der Waals surface area contributed by atoms with E-state index < -0.39 is 17.5 Å². The molecule has 0 radical (unpaired) electrons. The monoisotopic (exact) mass is 268 g/mol. The molecule has 1 heterocycles. The van der Waals surface area contributed by atoms with Crippen molar-refractivity contribution in [1.29, 1.82) is 0 Å². The number of benzene rings is 1. The van der Waals surface area contributed by atoms with E-state index in [1.54, 1.807) is 6.92 Å². The van der Waals surface area contributed by atoms with Crippen LogP contribution < -0.4 is 10.1 Å². The second kappa shape index (κ2) is 5.60. The van der Waals surface area contributed by atoms with Crippen LogP contribution in [-0.2, 0) is 0 Å². The summed E-state index contributed by atoms with van der Waals surface area (Å²) < 4.78 is 44.7. The van der Waals surface area contributed by atoms with Gasteiger partial charge < -0.3 is 10.1 Å². The van der Waals surface area contributed by atoms with Crippen LogP contribution in [0.5, 0.6) is 11.6 Å². The maximum atomic E-state index is 13.5. The molecule has 0 fully saturated rings. The zero-order chi connectivity index (χ0) is 13.8. The zero-order valence-electron chi connectivity index (χ0n) is 10.1. The van der Waals surface area contributed by atoms with E-state index in [-0.39, 0.29) is 17.4 Å². The van der Waals surface area contributed by atoms with Gasteiger partial charge in [0.1, 0.15) is 11.6 Å². The molecule has 19 heavy (non-hydrogen) atoms. The maximum absolute atomic E-state index is 13.5. The molecule has 0 unspecified atom stereocenters. The third-order valence-electron chi connectivity index (χ3n) is 2.27. The number of hydrogen-bond acceptors (Lipinski definition) is 3. The maximum Gasteiger partial charge on any atom is 0.258 e. The Labute approximate surface area is 108 Å². The number of nitrogens with zero attached hydrogens (tertiary/aromatic N) is 1. The highest BCUT2D eigenvalue weighted by atomic mass is 19.1. The Morgan fingerprint density at radius 3 is 2.42 bits per heavy atom. The lowest BCUT2D eigenvalue weighted by Crippen LogP contribution is -2.04. The fourth-order valence-electron chi connectivity index (χ4n) is 1.43. The van der Waals surface area contributed by atoms with Gasteiger partial charge in [-0.1, -0.05) is 0 Å². The van der Waals surface area contributed by atoms with Gasteiger partial charge in [0, 0.05) is 12.6 Å². The summed E-state index contributed by atoms with van der Waals surface area (Å²) in [5, 5.41) is 2.65. The van der Waals surface area contributed by atoms with Gasteiger partial charge >= 0.3 is 0 Å². The summed E-state index contributed by atoms with van der Waals surface area (Å²) in [5.41, 5.74) is 0. The highest BCUT2D eigenvalue weighted by molar-refractivity contribution is 5.40. The van der Waals surface area contributed by atoms with Crippen molar-refractivity contribution in [3.05, 3.63) is 47.8 Å². The average molecular weight is 268 g/mol. The standard InChI is InChI=1S/C13H11F3N2O/c1-2-17-12-10(15)7-11(16)13(18-12)19-9-5-3-8(14)4-6-9/h3-7H,2H2,1H3,(H,17,18). The molecule has 0 saturated carbocycles. The Balaban J connectivity index is 2.28. The third kappa shape index (κ3) is 3.15. The van der Waals surface area contributed by atoms with Crippen LogP contribution in [0, 0.1) is 17.5 Å². The largest absolute Gasteiger partial charge is 0.436 e. The van der Waals surface area contributed by atoms with E-state index in [1.165, 1.54) is 24.3 Å². The lowest BCUT2D eigenvalue weighted by molar-refractivity contribution is 0.417. The van der Waals surface area contributed by atoms with Crippen LogP contribution in [0.4, 0.5) is 19.0 Å². The van der Waals surface area contributed by atoms with Crippen molar-refractivity contribution in [3.8, 4) is 11.6 Å². The second-order valence-corrected chi connectivity index (χ2v) is 3.69. The molecule has 1 aromatic heterocycles. The van der Waals surface area contributed by atoms with Crippen molar-refractivity contribution in [2.75, 3.05) is 11.9 Å². The minimum Gasteiger partial charge on any atom is -0.436 e. The molecule has 1 N–H and O–H groups in total. The number of hydrogen-bond donors (Lipinski definition) is 1. The molecule has 0 aliphatic heterocycles. The Morgan fingerprint density at radius 2 is 1.79 bits per heavy atom. The predicted octanol–water partition coefficient (Wildman–Crippen LogP) is 3.72. The van der Waals surface area contributed by atoms with E-state index in [0.717, 1.165) is 0 Å². The lowest BCUT2D eigenvalue weighted by atomic mass is 10.3. The first-order chi connectivity index (χ1) is 9.10. The van der Waals surface area contributed by atoms with Crippen molar-refractivity contribution in [2.24, 2.45) is 0 Å². The number of nitrogens with one attached hydrogen (secondary N) is 1. The first kappa shape index (κ1) is 13.2. The van der Waals surface area contributed by atoms with Gasteiger partial charge in [-0.15, -0.1) is 0 Å². The summed E-state index contributed by atoms with van der Waals surface area (Å²) in [6.07, 6.45) is 0. The van der Waals surface area contributed by atoms with E-state index >= 15 is 0 Å². The molecule has 0 aliphatic rings. The summed E-state index contributed by atoms with van der Waals surface area (Å²) in [7, 11) is 0. The van der Waals surface area contributed by atoms with Crippen LogP contribution in [0.2, 0.25) is 0 Å². The Hall–Kier alpha value is -2.24. The number of anilines is 1. The van der Waals surface area contributed by atoms with Gasteiger partial charge in [0.25, 0.3) is 5.88 Å². The number of aromatic nitrogens is 1. The fraction of sp³-hybridized carbons (Fsp3) is 0.154. The van der Waals surface area contributed by atoms with Crippen molar-refractivity contribution >= 4 is 5.82 Å². The quantitative estimate of drug-likeness (QED) is 0.917. The number of halogens is 3. The zero-order valence-corrected chi connectivity index (χ0v) is 10.1. The van der Waals surface area contributed by atoms with Gasteiger partial charge in [0.05, 0.1) is 0 Å². The van der Waals surface area contributed by atoms with E-state index in [9.17, 15) is 13.2 Å². The molecule has 0 aliphatic carbocycles. The summed E-state index contributed by atoms with van der Waals surface area (Å²) in [5.74, 6) is -2.42. The van der Waals surface area contributed by atoms with Crippen LogP contribution in [0.15, 0.2) is 30.3 Å². The predicted molar refractivity (Wildman–Crippen MR) is 64.8 cm³/mol. The first-order valence-electron chi connectivity index (χ1n) is 5.63. The van der Waals surface area contributed by atoms with Crippen molar-refractivity contribution in [2.45, 2.75) is 6.92 Å². The number of rotatable bonds is 4. The molecule has 100 valence electrons. The van der Waals surface area contributed by atoms with Gasteiger partial charge in [0.15, 0.2) is 17.5 Å². The summed E-state index contributed by atoms with van der Waals surface area (Å²) in [6, 6.07) is 5.67. The first-order valence-corrected chi connectivity index (χ1v) is 5.63. The fourth-order valence-corrected chi connectivity index (χ4v) is 1.43. The summed E-state index contributed by atoms with van der Waals surface area (Å²) in [4.78, 5) is 3.70. The van der Waals surface area contributed by atoms with Crippen molar-refractivity contribution in [3.63, 3.8) is 0 Å². The molecule has 0 bridgehead atoms. The van der Waals surface area contributed by atoms with Crippen molar-refractivity contribution in [1.82, 2.24) is 4.98 Å². The van der Waals surface area contributed by atoms with E-state index in [0.29, 0.717) is 12.6 Å². The van der Waals surface area contributed by atoms with Crippen LogP contribution in [0.3, 0.4) is 0 Å². The Morgan fingerprint density at radius 1 is 1.11 bits per heavy atom. The second-order valence-electron chi connectivity index (χ2n) is 3.69. The van der Waals surface area contributed by atoms with Crippen LogP contribution in [0.25, 0.3) is 0 Å². The van der Waals surface area contributed by atoms with Gasteiger partial charge in [-0.2, -0.15) is 4.98 Å². The molecular weight excluding hydrogens is 257 g/mol. The highest BCUT2D eigenvalue weighted by Gasteiger charge is 2.13. The van der Waals surface area contributed by atoms with Crippen LogP contribution in [0.1, 0.15) is 6.92 Å². The van der Waals surface area contributed by atoms with Gasteiger partial charge in [-0.3, -0.25) is 0 Å². The van der Waals surface area contributed by atoms with Gasteiger partial charge in [0.2, 0.25) is 0 Å². The SMILES string of the molecule is CCNc1nc(Oc2ccc(F)cc2)c(F)cc1F. The van der Waals surface area contributed by atoms with E-state index in [4.69, 9.17) is 4.74 Å².